The first kappa shape index (κ1) is 8.05. The molecule has 1 aromatic heterocycles. The van der Waals surface area contributed by atoms with E-state index in [0.717, 1.165) is 18.5 Å². The van der Waals surface area contributed by atoms with Crippen molar-refractivity contribution in [1.82, 2.24) is 0 Å². The number of hydrogen-bond donors (Lipinski definition) is 0. The van der Waals surface area contributed by atoms with Crippen LogP contribution < -0.4 is 0 Å². The highest BCUT2D eigenvalue weighted by Crippen LogP contribution is 2.24. The standard InChI is InChI=1S/C9H12O2/c1-3-9(2,7-10)8-5-4-6-11-8/h4-7H,3H2,1-2H3. The number of carbonyl (C=O) groups is 1. The first-order valence-electron chi connectivity index (χ1n) is 3.73. The summed E-state index contributed by atoms with van der Waals surface area (Å²) in [5.41, 5.74) is -0.441. The summed E-state index contributed by atoms with van der Waals surface area (Å²) in [6, 6.07) is 3.63. The van der Waals surface area contributed by atoms with Gasteiger partial charge in [-0.25, -0.2) is 0 Å². The minimum Gasteiger partial charge on any atom is -0.468 e. The van der Waals surface area contributed by atoms with Crippen LogP contribution in [0, 0.1) is 0 Å². The van der Waals surface area contributed by atoms with Crippen LogP contribution in [-0.2, 0) is 10.2 Å². The van der Waals surface area contributed by atoms with E-state index in [-0.39, 0.29) is 0 Å². The second kappa shape index (κ2) is 2.91. The van der Waals surface area contributed by atoms with Crippen LogP contribution in [0.3, 0.4) is 0 Å². The summed E-state index contributed by atoms with van der Waals surface area (Å²) in [6.07, 6.45) is 3.29. The Hall–Kier alpha value is -1.05. The van der Waals surface area contributed by atoms with Crippen LogP contribution in [0.1, 0.15) is 26.0 Å². The number of aldehydes is 1. The Kier molecular flexibility index (Phi) is 2.13. The smallest absolute Gasteiger partial charge is 0.133 e. The largest absolute Gasteiger partial charge is 0.468 e. The summed E-state index contributed by atoms with van der Waals surface area (Å²) >= 11 is 0. The van der Waals surface area contributed by atoms with Gasteiger partial charge in [-0.1, -0.05) is 6.92 Å². The topological polar surface area (TPSA) is 30.2 Å². The molecule has 60 valence electrons. The fourth-order valence-electron chi connectivity index (χ4n) is 0.919. The molecule has 0 saturated heterocycles. The van der Waals surface area contributed by atoms with Crippen LogP contribution >= 0.6 is 0 Å². The third-order valence-corrected chi connectivity index (χ3v) is 2.08. The average Bonchev–Trinajstić information content (AvgIpc) is 2.55. The molecule has 1 aromatic rings. The quantitative estimate of drug-likeness (QED) is 0.621. The maximum Gasteiger partial charge on any atom is 0.133 e. The zero-order valence-corrected chi connectivity index (χ0v) is 6.83. The Morgan fingerprint density at radius 2 is 2.45 bits per heavy atom. The molecular formula is C9H12O2. The van der Waals surface area contributed by atoms with E-state index >= 15 is 0 Å². The van der Waals surface area contributed by atoms with Gasteiger partial charge < -0.3 is 9.21 Å². The van der Waals surface area contributed by atoms with Gasteiger partial charge in [0, 0.05) is 0 Å². The molecule has 0 aliphatic rings. The van der Waals surface area contributed by atoms with Crippen molar-refractivity contribution in [3.05, 3.63) is 24.2 Å². The molecule has 1 unspecified atom stereocenters. The van der Waals surface area contributed by atoms with Crippen molar-refractivity contribution < 1.29 is 9.21 Å². The molecular weight excluding hydrogens is 140 g/mol. The summed E-state index contributed by atoms with van der Waals surface area (Å²) in [4.78, 5) is 10.7. The second-order valence-corrected chi connectivity index (χ2v) is 2.87. The predicted octanol–water partition coefficient (Wildman–Crippen LogP) is 2.15. The van der Waals surface area contributed by atoms with Crippen molar-refractivity contribution >= 4 is 6.29 Å². The summed E-state index contributed by atoms with van der Waals surface area (Å²) < 4.78 is 5.15. The van der Waals surface area contributed by atoms with Gasteiger partial charge >= 0.3 is 0 Å². The van der Waals surface area contributed by atoms with Crippen LogP contribution in [-0.4, -0.2) is 6.29 Å². The first-order chi connectivity index (χ1) is 5.23. The fourth-order valence-corrected chi connectivity index (χ4v) is 0.919. The molecule has 0 N–H and O–H groups in total. The normalized spacial score (nSPS) is 15.8. The van der Waals surface area contributed by atoms with Crippen molar-refractivity contribution in [1.29, 1.82) is 0 Å². The number of rotatable bonds is 3. The third-order valence-electron chi connectivity index (χ3n) is 2.08. The lowest BCUT2D eigenvalue weighted by Crippen LogP contribution is -2.21. The van der Waals surface area contributed by atoms with Crippen LogP contribution in [0.25, 0.3) is 0 Å². The Balaban J connectivity index is 2.96. The lowest BCUT2D eigenvalue weighted by Gasteiger charge is -2.16. The van der Waals surface area contributed by atoms with Gasteiger partial charge in [0.15, 0.2) is 0 Å². The second-order valence-electron chi connectivity index (χ2n) is 2.87. The van der Waals surface area contributed by atoms with E-state index in [1.807, 2.05) is 19.9 Å². The molecule has 0 fully saturated rings. The fraction of sp³-hybridized carbons (Fsp3) is 0.444. The highest BCUT2D eigenvalue weighted by molar-refractivity contribution is 5.66. The van der Waals surface area contributed by atoms with Gasteiger partial charge in [0.1, 0.15) is 12.0 Å². The van der Waals surface area contributed by atoms with Crippen molar-refractivity contribution in [2.75, 3.05) is 0 Å². The van der Waals surface area contributed by atoms with Gasteiger partial charge in [0.2, 0.25) is 0 Å². The van der Waals surface area contributed by atoms with Gasteiger partial charge in [-0.2, -0.15) is 0 Å². The van der Waals surface area contributed by atoms with Crippen LogP contribution in [0.4, 0.5) is 0 Å². The maximum atomic E-state index is 10.7. The molecule has 0 bridgehead atoms. The molecule has 0 aliphatic carbocycles. The lowest BCUT2D eigenvalue weighted by atomic mass is 9.87. The summed E-state index contributed by atoms with van der Waals surface area (Å²) in [7, 11) is 0. The van der Waals surface area contributed by atoms with Crippen molar-refractivity contribution in [3.8, 4) is 0 Å². The number of furan rings is 1. The molecule has 0 saturated carbocycles. The van der Waals surface area contributed by atoms with Gasteiger partial charge in [0.05, 0.1) is 11.7 Å². The van der Waals surface area contributed by atoms with E-state index in [1.165, 1.54) is 0 Å². The monoisotopic (exact) mass is 152 g/mol. The number of carbonyl (C=O) groups excluding carboxylic acids is 1. The SMILES string of the molecule is CCC(C)(C=O)c1ccco1. The predicted molar refractivity (Wildman–Crippen MR) is 42.4 cm³/mol. The van der Waals surface area contributed by atoms with Gasteiger partial charge in [0.25, 0.3) is 0 Å². The molecule has 0 amide bonds. The van der Waals surface area contributed by atoms with Crippen molar-refractivity contribution in [2.24, 2.45) is 0 Å². The van der Waals surface area contributed by atoms with Crippen LogP contribution in [0.2, 0.25) is 0 Å². The lowest BCUT2D eigenvalue weighted by molar-refractivity contribution is -0.112. The molecule has 1 rings (SSSR count). The minimum atomic E-state index is -0.441. The molecule has 1 heterocycles. The zero-order chi connectivity index (χ0) is 8.32. The van der Waals surface area contributed by atoms with E-state index < -0.39 is 5.41 Å². The van der Waals surface area contributed by atoms with Crippen molar-refractivity contribution in [2.45, 2.75) is 25.7 Å². The summed E-state index contributed by atoms with van der Waals surface area (Å²) in [6.45, 7) is 3.84. The highest BCUT2D eigenvalue weighted by Gasteiger charge is 2.26. The third kappa shape index (κ3) is 1.34. The molecule has 1 atom stereocenters. The Labute approximate surface area is 66.2 Å². The maximum absolute atomic E-state index is 10.7. The molecule has 11 heavy (non-hydrogen) atoms. The van der Waals surface area contributed by atoms with E-state index in [2.05, 4.69) is 0 Å². The van der Waals surface area contributed by atoms with E-state index in [9.17, 15) is 4.79 Å². The molecule has 0 aliphatic heterocycles. The van der Waals surface area contributed by atoms with Gasteiger partial charge in [-0.3, -0.25) is 0 Å². The van der Waals surface area contributed by atoms with E-state index in [4.69, 9.17) is 4.42 Å². The van der Waals surface area contributed by atoms with Crippen molar-refractivity contribution in [3.63, 3.8) is 0 Å². The first-order valence-corrected chi connectivity index (χ1v) is 3.73. The zero-order valence-electron chi connectivity index (χ0n) is 6.83. The van der Waals surface area contributed by atoms with Gasteiger partial charge in [-0.05, 0) is 25.5 Å². The van der Waals surface area contributed by atoms with Crippen LogP contribution in [0.5, 0.6) is 0 Å². The Morgan fingerprint density at radius 1 is 1.73 bits per heavy atom. The molecule has 2 heteroatoms. The molecule has 0 spiro atoms. The van der Waals surface area contributed by atoms with Crippen LogP contribution in [0.15, 0.2) is 22.8 Å². The van der Waals surface area contributed by atoms with E-state index in [1.54, 1.807) is 12.3 Å². The number of hydrogen-bond acceptors (Lipinski definition) is 2. The summed E-state index contributed by atoms with van der Waals surface area (Å²) in [5.74, 6) is 0.745. The highest BCUT2D eigenvalue weighted by atomic mass is 16.3. The Bertz CT molecular complexity index is 226. The van der Waals surface area contributed by atoms with E-state index in [0.29, 0.717) is 0 Å². The molecule has 0 aromatic carbocycles. The average molecular weight is 152 g/mol. The summed E-state index contributed by atoms with van der Waals surface area (Å²) in [5, 5.41) is 0. The molecule has 0 radical (unpaired) electrons. The molecule has 2 nitrogen and oxygen atoms in total. The Morgan fingerprint density at radius 3 is 2.82 bits per heavy atom. The minimum absolute atomic E-state index is 0.441. The van der Waals surface area contributed by atoms with Gasteiger partial charge in [-0.15, -0.1) is 0 Å².